The van der Waals surface area contributed by atoms with E-state index in [1.807, 2.05) is 20.8 Å². The highest BCUT2D eigenvalue weighted by molar-refractivity contribution is 6.05. The highest BCUT2D eigenvalue weighted by Crippen LogP contribution is 2.17. The number of hydrogen-bond acceptors (Lipinski definition) is 4. The first-order valence-electron chi connectivity index (χ1n) is 6.78. The first-order valence-corrected chi connectivity index (χ1v) is 6.78. The third kappa shape index (κ3) is 3.78. The Kier molecular flexibility index (Phi) is 6.29. The van der Waals surface area contributed by atoms with Gasteiger partial charge in [-0.2, -0.15) is 0 Å². The average molecular weight is 256 g/mol. The van der Waals surface area contributed by atoms with Gasteiger partial charge in [0.05, 0.1) is 12.5 Å². The highest BCUT2D eigenvalue weighted by atomic mass is 16.5. The average Bonchev–Trinajstić information content (AvgIpc) is 2.63. The zero-order valence-corrected chi connectivity index (χ0v) is 11.6. The maximum atomic E-state index is 12.0. The lowest BCUT2D eigenvalue weighted by atomic mass is 10.2. The quantitative estimate of drug-likeness (QED) is 0.518. The van der Waals surface area contributed by atoms with Crippen molar-refractivity contribution in [2.75, 3.05) is 19.8 Å². The molecule has 5 nitrogen and oxygen atoms in total. The number of ether oxygens (including phenoxy) is 1. The molecule has 0 aliphatic carbocycles. The van der Waals surface area contributed by atoms with Gasteiger partial charge in [-0.25, -0.2) is 0 Å². The van der Waals surface area contributed by atoms with Gasteiger partial charge >= 0.3 is 0 Å². The summed E-state index contributed by atoms with van der Waals surface area (Å²) in [6.45, 7) is 7.95. The number of rotatable bonds is 8. The summed E-state index contributed by atoms with van der Waals surface area (Å²) < 4.78 is 5.22. The van der Waals surface area contributed by atoms with Crippen molar-refractivity contribution in [3.63, 3.8) is 0 Å². The Morgan fingerprint density at radius 3 is 2.78 bits per heavy atom. The van der Waals surface area contributed by atoms with Crippen LogP contribution in [0.2, 0.25) is 0 Å². The number of nitrogens with one attached hydrogen (secondary N) is 1. The van der Waals surface area contributed by atoms with Gasteiger partial charge in [0.1, 0.15) is 0 Å². The normalized spacial score (nSPS) is 21.7. The van der Waals surface area contributed by atoms with Crippen LogP contribution in [0.4, 0.5) is 0 Å². The minimum atomic E-state index is -0.340. The van der Waals surface area contributed by atoms with Crippen LogP contribution in [0.15, 0.2) is 0 Å². The van der Waals surface area contributed by atoms with Crippen LogP contribution in [0.3, 0.4) is 0 Å². The molecule has 2 atom stereocenters. The topological polar surface area (TPSA) is 58.6 Å². The molecule has 2 unspecified atom stereocenters. The van der Waals surface area contributed by atoms with Crippen molar-refractivity contribution in [3.8, 4) is 0 Å². The molecular formula is C13H24N2O3. The lowest BCUT2D eigenvalue weighted by Crippen LogP contribution is -2.43. The van der Waals surface area contributed by atoms with Crippen LogP contribution in [0.1, 0.15) is 40.0 Å². The zero-order chi connectivity index (χ0) is 13.5. The summed E-state index contributed by atoms with van der Waals surface area (Å²) in [5.74, 6) is -0.137. The van der Waals surface area contributed by atoms with E-state index in [9.17, 15) is 9.59 Å². The predicted octanol–water partition coefficient (Wildman–Crippen LogP) is 0.929. The molecule has 1 aliphatic heterocycles. The number of amides is 2. The third-order valence-electron chi connectivity index (χ3n) is 3.27. The number of carbonyl (C=O) groups excluding carboxylic acids is 2. The summed E-state index contributed by atoms with van der Waals surface area (Å²) in [6.07, 6.45) is 1.95. The zero-order valence-electron chi connectivity index (χ0n) is 11.6. The SMILES string of the molecule is CCOCCCNC1CC(=O)N(C(C)CC)C1=O. The Bertz CT molecular complexity index is 294. The number of likely N-dealkylation sites (tertiary alicyclic amines) is 1. The summed E-state index contributed by atoms with van der Waals surface area (Å²) in [6, 6.07) is -0.339. The van der Waals surface area contributed by atoms with Crippen molar-refractivity contribution >= 4 is 11.8 Å². The Morgan fingerprint density at radius 1 is 1.44 bits per heavy atom. The van der Waals surface area contributed by atoms with E-state index in [0.29, 0.717) is 19.8 Å². The van der Waals surface area contributed by atoms with Crippen LogP contribution < -0.4 is 5.32 Å². The molecule has 1 N–H and O–H groups in total. The Labute approximate surface area is 109 Å². The Morgan fingerprint density at radius 2 is 2.17 bits per heavy atom. The van der Waals surface area contributed by atoms with Crippen LogP contribution in [0.5, 0.6) is 0 Å². The molecule has 1 aliphatic rings. The molecule has 0 aromatic heterocycles. The first-order chi connectivity index (χ1) is 8.61. The third-order valence-corrected chi connectivity index (χ3v) is 3.27. The van der Waals surface area contributed by atoms with E-state index in [-0.39, 0.29) is 30.3 Å². The lowest BCUT2D eigenvalue weighted by molar-refractivity contribution is -0.141. The molecule has 0 aromatic rings. The molecule has 2 amide bonds. The van der Waals surface area contributed by atoms with Crippen molar-refractivity contribution in [2.45, 2.75) is 52.1 Å². The van der Waals surface area contributed by atoms with E-state index in [2.05, 4.69) is 5.32 Å². The second kappa shape index (κ2) is 7.48. The van der Waals surface area contributed by atoms with Crippen LogP contribution in [0.25, 0.3) is 0 Å². The van der Waals surface area contributed by atoms with Gasteiger partial charge in [0.15, 0.2) is 0 Å². The molecule has 5 heteroatoms. The van der Waals surface area contributed by atoms with E-state index in [1.54, 1.807) is 0 Å². The summed E-state index contributed by atoms with van der Waals surface area (Å²) in [7, 11) is 0. The van der Waals surface area contributed by atoms with E-state index in [0.717, 1.165) is 12.8 Å². The molecular weight excluding hydrogens is 232 g/mol. The van der Waals surface area contributed by atoms with Gasteiger partial charge in [-0.1, -0.05) is 6.92 Å². The van der Waals surface area contributed by atoms with Crippen molar-refractivity contribution < 1.29 is 14.3 Å². The largest absolute Gasteiger partial charge is 0.382 e. The fraction of sp³-hybridized carbons (Fsp3) is 0.846. The van der Waals surface area contributed by atoms with E-state index >= 15 is 0 Å². The van der Waals surface area contributed by atoms with Gasteiger partial charge in [-0.15, -0.1) is 0 Å². The maximum Gasteiger partial charge on any atom is 0.247 e. The first kappa shape index (κ1) is 15.1. The van der Waals surface area contributed by atoms with Crippen molar-refractivity contribution in [3.05, 3.63) is 0 Å². The summed E-state index contributed by atoms with van der Waals surface area (Å²) in [4.78, 5) is 25.2. The minimum Gasteiger partial charge on any atom is -0.382 e. The molecule has 0 saturated carbocycles. The number of carbonyl (C=O) groups is 2. The second-order valence-corrected chi connectivity index (χ2v) is 4.62. The highest BCUT2D eigenvalue weighted by Gasteiger charge is 2.39. The lowest BCUT2D eigenvalue weighted by Gasteiger charge is -2.21. The van der Waals surface area contributed by atoms with Gasteiger partial charge < -0.3 is 10.1 Å². The Hall–Kier alpha value is -0.940. The fourth-order valence-electron chi connectivity index (χ4n) is 2.05. The van der Waals surface area contributed by atoms with Crippen LogP contribution in [0, 0.1) is 0 Å². The fourth-order valence-corrected chi connectivity index (χ4v) is 2.05. The Balaban J connectivity index is 2.36. The van der Waals surface area contributed by atoms with E-state index in [4.69, 9.17) is 4.74 Å². The van der Waals surface area contributed by atoms with E-state index < -0.39 is 0 Å². The molecule has 1 heterocycles. The summed E-state index contributed by atoms with van der Waals surface area (Å²) in [5, 5.41) is 3.14. The molecule has 0 bridgehead atoms. The summed E-state index contributed by atoms with van der Waals surface area (Å²) >= 11 is 0. The molecule has 0 aromatic carbocycles. The monoisotopic (exact) mass is 256 g/mol. The number of hydrogen-bond donors (Lipinski definition) is 1. The number of imide groups is 1. The van der Waals surface area contributed by atoms with Gasteiger partial charge in [-0.05, 0) is 33.2 Å². The smallest absolute Gasteiger partial charge is 0.247 e. The van der Waals surface area contributed by atoms with Gasteiger partial charge in [0, 0.05) is 19.3 Å². The van der Waals surface area contributed by atoms with Crippen molar-refractivity contribution in [1.29, 1.82) is 0 Å². The van der Waals surface area contributed by atoms with Crippen LogP contribution >= 0.6 is 0 Å². The second-order valence-electron chi connectivity index (χ2n) is 4.62. The van der Waals surface area contributed by atoms with Crippen molar-refractivity contribution in [2.24, 2.45) is 0 Å². The summed E-state index contributed by atoms with van der Waals surface area (Å²) in [5.41, 5.74) is 0. The molecule has 0 spiro atoms. The molecule has 1 fully saturated rings. The minimum absolute atomic E-state index is 0.000208. The van der Waals surface area contributed by atoms with Gasteiger partial charge in [0.25, 0.3) is 0 Å². The van der Waals surface area contributed by atoms with Gasteiger partial charge in [-0.3, -0.25) is 14.5 Å². The standard InChI is InChI=1S/C13H24N2O3/c1-4-10(3)15-12(16)9-11(13(15)17)14-7-6-8-18-5-2/h10-11,14H,4-9H2,1-3H3. The van der Waals surface area contributed by atoms with Crippen molar-refractivity contribution in [1.82, 2.24) is 10.2 Å². The molecule has 18 heavy (non-hydrogen) atoms. The molecule has 104 valence electrons. The predicted molar refractivity (Wildman–Crippen MR) is 69.1 cm³/mol. The van der Waals surface area contributed by atoms with E-state index in [1.165, 1.54) is 4.90 Å². The van der Waals surface area contributed by atoms with Crippen LogP contribution in [-0.2, 0) is 14.3 Å². The van der Waals surface area contributed by atoms with Crippen LogP contribution in [-0.4, -0.2) is 48.6 Å². The molecule has 1 rings (SSSR count). The number of nitrogens with zero attached hydrogens (tertiary/aromatic N) is 1. The maximum absolute atomic E-state index is 12.0. The molecule has 1 saturated heterocycles. The van der Waals surface area contributed by atoms with Gasteiger partial charge in [0.2, 0.25) is 11.8 Å². The molecule has 0 radical (unpaired) electrons.